The van der Waals surface area contributed by atoms with Crippen molar-refractivity contribution >= 4 is 0 Å². The number of rotatable bonds is 5. The number of morpholine rings is 1. The van der Waals surface area contributed by atoms with E-state index in [4.69, 9.17) is 9.72 Å². The van der Waals surface area contributed by atoms with Crippen molar-refractivity contribution in [3.05, 3.63) is 79.4 Å². The molecule has 5 rings (SSSR count). The van der Waals surface area contributed by atoms with E-state index in [0.29, 0.717) is 0 Å². The Morgan fingerprint density at radius 1 is 1.00 bits per heavy atom. The van der Waals surface area contributed by atoms with Gasteiger partial charge in [0.05, 0.1) is 42.7 Å². The third kappa shape index (κ3) is 3.60. The number of nitrogens with one attached hydrogen (secondary N) is 1. The molecular weight excluding hydrogens is 362 g/mol. The number of pyridine rings is 1. The zero-order valence-corrected chi connectivity index (χ0v) is 16.1. The van der Waals surface area contributed by atoms with Crippen molar-refractivity contribution in [2.24, 2.45) is 0 Å². The van der Waals surface area contributed by atoms with E-state index in [2.05, 4.69) is 43.7 Å². The summed E-state index contributed by atoms with van der Waals surface area (Å²) in [5.74, 6) is 0.884. The monoisotopic (exact) mass is 385 g/mol. The van der Waals surface area contributed by atoms with Gasteiger partial charge in [0.15, 0.2) is 0 Å². The average molecular weight is 385 g/mol. The SMILES string of the molecule is c1ccc(-c2ncn(CC3CNCCO3)c2-c2cccn2-c2ccccn2)cc1. The molecule has 1 aliphatic rings. The minimum Gasteiger partial charge on any atom is -0.374 e. The standard InChI is InChI=1S/C23H23N5O/c1-2-7-18(8-3-1)22-23(27(17-26-22)16-19-15-24-12-14-29-19)20-9-6-13-28(20)21-10-4-5-11-25-21/h1-11,13,17,19,24H,12,14-16H2. The van der Waals surface area contributed by atoms with Crippen LogP contribution in [0.3, 0.4) is 0 Å². The second-order valence-electron chi connectivity index (χ2n) is 7.11. The van der Waals surface area contributed by atoms with Gasteiger partial charge in [-0.15, -0.1) is 0 Å². The lowest BCUT2D eigenvalue weighted by molar-refractivity contribution is 0.0184. The Morgan fingerprint density at radius 2 is 1.90 bits per heavy atom. The average Bonchev–Trinajstić information content (AvgIpc) is 3.42. The fourth-order valence-electron chi connectivity index (χ4n) is 3.82. The van der Waals surface area contributed by atoms with E-state index >= 15 is 0 Å². The molecule has 0 aliphatic carbocycles. The summed E-state index contributed by atoms with van der Waals surface area (Å²) in [5.41, 5.74) is 4.19. The van der Waals surface area contributed by atoms with E-state index in [9.17, 15) is 0 Å². The highest BCUT2D eigenvalue weighted by Gasteiger charge is 2.22. The first-order valence-electron chi connectivity index (χ1n) is 9.92. The molecule has 6 nitrogen and oxygen atoms in total. The van der Waals surface area contributed by atoms with Crippen LogP contribution in [0, 0.1) is 0 Å². The third-order valence-corrected chi connectivity index (χ3v) is 5.18. The number of nitrogens with zero attached hydrogens (tertiary/aromatic N) is 4. The Morgan fingerprint density at radius 3 is 2.69 bits per heavy atom. The summed E-state index contributed by atoms with van der Waals surface area (Å²) in [4.78, 5) is 9.33. The first kappa shape index (κ1) is 17.8. The number of ether oxygens (including phenoxy) is 1. The zero-order chi connectivity index (χ0) is 19.5. The van der Waals surface area contributed by atoms with Crippen LogP contribution in [0.15, 0.2) is 79.4 Å². The maximum atomic E-state index is 5.95. The Hall–Kier alpha value is -3.22. The molecule has 0 radical (unpaired) electrons. The second kappa shape index (κ2) is 8.03. The van der Waals surface area contributed by atoms with Crippen LogP contribution in [0.2, 0.25) is 0 Å². The summed E-state index contributed by atoms with van der Waals surface area (Å²) in [6.45, 7) is 3.24. The van der Waals surface area contributed by atoms with Gasteiger partial charge in [-0.05, 0) is 24.3 Å². The molecular formula is C23H23N5O. The zero-order valence-electron chi connectivity index (χ0n) is 16.1. The molecule has 4 heterocycles. The van der Waals surface area contributed by atoms with Gasteiger partial charge in [-0.3, -0.25) is 4.57 Å². The van der Waals surface area contributed by atoms with Gasteiger partial charge in [-0.1, -0.05) is 36.4 Å². The van der Waals surface area contributed by atoms with E-state index < -0.39 is 0 Å². The highest BCUT2D eigenvalue weighted by Crippen LogP contribution is 2.33. The van der Waals surface area contributed by atoms with Crippen molar-refractivity contribution in [2.75, 3.05) is 19.7 Å². The summed E-state index contributed by atoms with van der Waals surface area (Å²) in [6.07, 6.45) is 5.91. The third-order valence-electron chi connectivity index (χ3n) is 5.18. The molecule has 146 valence electrons. The molecule has 1 aromatic carbocycles. The Balaban J connectivity index is 1.62. The molecule has 29 heavy (non-hydrogen) atoms. The number of hydrogen-bond acceptors (Lipinski definition) is 4. The van der Waals surface area contributed by atoms with Crippen LogP contribution >= 0.6 is 0 Å². The van der Waals surface area contributed by atoms with Crippen molar-refractivity contribution in [1.29, 1.82) is 0 Å². The lowest BCUT2D eigenvalue weighted by atomic mass is 10.1. The van der Waals surface area contributed by atoms with Crippen LogP contribution in [0.1, 0.15) is 0 Å². The number of benzene rings is 1. The molecule has 4 aromatic rings. The number of hydrogen-bond donors (Lipinski definition) is 1. The fourth-order valence-corrected chi connectivity index (χ4v) is 3.82. The molecule has 1 fully saturated rings. The lowest BCUT2D eigenvalue weighted by Gasteiger charge is -2.25. The van der Waals surface area contributed by atoms with E-state index in [-0.39, 0.29) is 6.10 Å². The minimum atomic E-state index is 0.124. The van der Waals surface area contributed by atoms with Crippen molar-refractivity contribution < 1.29 is 4.74 Å². The van der Waals surface area contributed by atoms with Crippen LogP contribution in [-0.2, 0) is 11.3 Å². The van der Waals surface area contributed by atoms with Gasteiger partial charge in [0.25, 0.3) is 0 Å². The van der Waals surface area contributed by atoms with Crippen LogP contribution < -0.4 is 5.32 Å². The van der Waals surface area contributed by atoms with E-state index in [0.717, 1.165) is 54.7 Å². The van der Waals surface area contributed by atoms with Crippen molar-refractivity contribution in [3.63, 3.8) is 0 Å². The van der Waals surface area contributed by atoms with Gasteiger partial charge in [0.2, 0.25) is 0 Å². The Bertz CT molecular complexity index is 1070. The molecule has 1 aliphatic heterocycles. The highest BCUT2D eigenvalue weighted by molar-refractivity contribution is 5.78. The van der Waals surface area contributed by atoms with Gasteiger partial charge in [-0.2, -0.15) is 0 Å². The largest absolute Gasteiger partial charge is 0.374 e. The molecule has 0 bridgehead atoms. The summed E-state index contributed by atoms with van der Waals surface area (Å²) in [6, 6.07) is 20.4. The van der Waals surface area contributed by atoms with Crippen LogP contribution in [-0.4, -0.2) is 44.9 Å². The summed E-state index contributed by atoms with van der Waals surface area (Å²) >= 11 is 0. The van der Waals surface area contributed by atoms with Gasteiger partial charge < -0.3 is 14.6 Å². The van der Waals surface area contributed by atoms with Crippen LogP contribution in [0.25, 0.3) is 28.5 Å². The lowest BCUT2D eigenvalue weighted by Crippen LogP contribution is -2.40. The fraction of sp³-hybridized carbons (Fsp3) is 0.217. The molecule has 0 saturated carbocycles. The molecule has 1 atom stereocenters. The van der Waals surface area contributed by atoms with Gasteiger partial charge in [0, 0.05) is 31.0 Å². The predicted molar refractivity (Wildman–Crippen MR) is 113 cm³/mol. The molecule has 1 N–H and O–H groups in total. The van der Waals surface area contributed by atoms with Gasteiger partial charge in [-0.25, -0.2) is 9.97 Å². The quantitative estimate of drug-likeness (QED) is 0.572. The van der Waals surface area contributed by atoms with Crippen LogP contribution in [0.4, 0.5) is 0 Å². The molecule has 0 spiro atoms. The summed E-state index contributed by atoms with van der Waals surface area (Å²) in [7, 11) is 0. The maximum Gasteiger partial charge on any atom is 0.137 e. The first-order chi connectivity index (χ1) is 14.4. The molecule has 1 saturated heterocycles. The smallest absolute Gasteiger partial charge is 0.137 e. The molecule has 1 unspecified atom stereocenters. The molecule has 3 aromatic heterocycles. The van der Waals surface area contributed by atoms with Crippen molar-refractivity contribution in [2.45, 2.75) is 12.6 Å². The summed E-state index contributed by atoms with van der Waals surface area (Å²) in [5, 5.41) is 3.41. The first-order valence-corrected chi connectivity index (χ1v) is 9.92. The normalized spacial score (nSPS) is 16.8. The van der Waals surface area contributed by atoms with Gasteiger partial charge in [0.1, 0.15) is 5.82 Å². The van der Waals surface area contributed by atoms with E-state index in [1.165, 1.54) is 0 Å². The predicted octanol–water partition coefficient (Wildman–Crippen LogP) is 3.39. The van der Waals surface area contributed by atoms with Crippen molar-refractivity contribution in [3.8, 4) is 28.5 Å². The highest BCUT2D eigenvalue weighted by atomic mass is 16.5. The molecule has 0 amide bonds. The number of imidazole rings is 1. The van der Waals surface area contributed by atoms with Crippen LogP contribution in [0.5, 0.6) is 0 Å². The van der Waals surface area contributed by atoms with Gasteiger partial charge >= 0.3 is 0 Å². The second-order valence-corrected chi connectivity index (χ2v) is 7.11. The van der Waals surface area contributed by atoms with E-state index in [1.54, 1.807) is 0 Å². The number of aromatic nitrogens is 4. The van der Waals surface area contributed by atoms with E-state index in [1.807, 2.05) is 55.1 Å². The maximum absolute atomic E-state index is 5.95. The Labute approximate surface area is 169 Å². The summed E-state index contributed by atoms with van der Waals surface area (Å²) < 4.78 is 10.3. The Kier molecular flexibility index (Phi) is 4.94. The van der Waals surface area contributed by atoms with Crippen molar-refractivity contribution in [1.82, 2.24) is 24.4 Å². The minimum absolute atomic E-state index is 0.124. The topological polar surface area (TPSA) is 56.9 Å². The molecule has 6 heteroatoms.